The van der Waals surface area contributed by atoms with Crippen molar-refractivity contribution in [3.8, 4) is 18.1 Å². The second-order valence-corrected chi connectivity index (χ2v) is 13.3. The van der Waals surface area contributed by atoms with E-state index in [1.54, 1.807) is 0 Å². The number of Topliss-reactive ketones (excluding diaryl/α,β-unsaturated/α-hetero) is 1. The fourth-order valence-corrected chi connectivity index (χ4v) is 5.39. The molecular formula is C38H47N5O18. The third-order valence-corrected chi connectivity index (χ3v) is 8.56. The minimum absolute atomic E-state index is 0.204. The van der Waals surface area contributed by atoms with Gasteiger partial charge in [0.2, 0.25) is 29.5 Å². The molecule has 0 aliphatic carbocycles. The number of carbonyl (C=O) groups is 12. The number of rotatable bonds is 30. The molecule has 1 aromatic carbocycles. The van der Waals surface area contributed by atoms with E-state index < -0.39 is 166 Å². The first-order valence-corrected chi connectivity index (χ1v) is 18.4. The van der Waals surface area contributed by atoms with Crippen LogP contribution in [0.25, 0.3) is 0 Å². The highest BCUT2D eigenvalue weighted by atomic mass is 16.5. The first kappa shape index (κ1) is 51.6. The summed E-state index contributed by atoms with van der Waals surface area (Å²) in [6.07, 6.45) is -1.75. The number of amides is 5. The molecule has 0 spiro atoms. The van der Waals surface area contributed by atoms with Gasteiger partial charge in [0.05, 0.1) is 31.9 Å². The molecule has 0 unspecified atom stereocenters. The molecule has 6 atom stereocenters. The second-order valence-electron chi connectivity index (χ2n) is 13.3. The van der Waals surface area contributed by atoms with Crippen molar-refractivity contribution in [3.63, 3.8) is 0 Å². The smallest absolute Gasteiger partial charge is 0.305 e. The Morgan fingerprint density at radius 1 is 0.590 bits per heavy atom. The Balaban J connectivity index is 3.61. The van der Waals surface area contributed by atoms with Crippen LogP contribution in [-0.2, 0) is 64.0 Å². The summed E-state index contributed by atoms with van der Waals surface area (Å²) in [6.45, 7) is 0. The molecule has 23 heteroatoms. The number of benzene rings is 1. The van der Waals surface area contributed by atoms with E-state index in [1.807, 2.05) is 5.32 Å². The van der Waals surface area contributed by atoms with Crippen LogP contribution in [0.15, 0.2) is 24.3 Å². The molecule has 0 bridgehead atoms. The van der Waals surface area contributed by atoms with E-state index in [0.717, 1.165) is 0 Å². The molecule has 10 N–H and O–H groups in total. The number of carboxylic acids is 5. The zero-order valence-electron chi connectivity index (χ0n) is 32.7. The number of ether oxygens (including phenoxy) is 1. The molecule has 61 heavy (non-hydrogen) atoms. The number of terminal acetylenes is 1. The Morgan fingerprint density at radius 2 is 1.02 bits per heavy atom. The van der Waals surface area contributed by atoms with Crippen LogP contribution in [0.4, 0.5) is 0 Å². The van der Waals surface area contributed by atoms with E-state index in [2.05, 4.69) is 27.2 Å². The second kappa shape index (κ2) is 26.6. The van der Waals surface area contributed by atoms with Crippen molar-refractivity contribution >= 4 is 71.5 Å². The topological polar surface area (TPSA) is 375 Å². The maximum Gasteiger partial charge on any atom is 0.305 e. The van der Waals surface area contributed by atoms with Gasteiger partial charge in [0, 0.05) is 38.5 Å². The van der Waals surface area contributed by atoms with E-state index in [-0.39, 0.29) is 12.7 Å². The molecule has 0 heterocycles. The predicted octanol–water partition coefficient (Wildman–Crippen LogP) is -2.00. The van der Waals surface area contributed by atoms with Crippen molar-refractivity contribution in [2.75, 3.05) is 7.11 Å². The van der Waals surface area contributed by atoms with Crippen LogP contribution < -0.4 is 31.3 Å². The summed E-state index contributed by atoms with van der Waals surface area (Å²) in [5.74, 6) is -13.1. The lowest BCUT2D eigenvalue weighted by Gasteiger charge is -2.27. The van der Waals surface area contributed by atoms with Crippen molar-refractivity contribution < 1.29 is 87.8 Å². The number of carbonyl (C=O) groups excluding carboxylic acids is 7. The van der Waals surface area contributed by atoms with E-state index in [4.69, 9.17) is 16.3 Å². The summed E-state index contributed by atoms with van der Waals surface area (Å²) in [5.41, 5.74) is 0.345. The molecule has 0 radical (unpaired) electrons. The molecule has 5 amide bonds. The number of hydrogen-bond acceptors (Lipinski definition) is 13. The van der Waals surface area contributed by atoms with Gasteiger partial charge in [0.25, 0.3) is 0 Å². The highest BCUT2D eigenvalue weighted by molar-refractivity contribution is 6.01. The van der Waals surface area contributed by atoms with E-state index in [9.17, 15) is 78.0 Å². The van der Waals surface area contributed by atoms with Gasteiger partial charge in [-0.2, -0.15) is 0 Å². The number of aldehydes is 1. The van der Waals surface area contributed by atoms with Crippen LogP contribution in [0.5, 0.6) is 5.75 Å². The monoisotopic (exact) mass is 861 g/mol. The van der Waals surface area contributed by atoms with Gasteiger partial charge >= 0.3 is 29.8 Å². The van der Waals surface area contributed by atoms with Gasteiger partial charge in [0.1, 0.15) is 36.2 Å². The standard InChI is InChI=1S/C38H47N5O18/c1-3-4-21(19-44)34(56)23(9-13-29(46)47)40-35(57)24(10-14-30(48)49)41-37(59)26(17-20-5-7-22(61-2)8-6-20)43-36(58)25(11-15-31(50)51)42-38(60)27(18-33(54)55)39-28(45)12-16-32(52)53/h1,5-8,19,21,23-27H,4,9-18H2,2H3,(H,39,45)(H,40,57)(H,41,59)(H,42,60)(H,43,58)(H,46,47)(H,48,49)(H,50,51)(H,52,53)(H,54,55)/t21-,23-,24+,25-,26-,27-/m0/s1. The minimum Gasteiger partial charge on any atom is -0.497 e. The molecule has 0 fully saturated rings. The van der Waals surface area contributed by atoms with E-state index in [1.165, 1.54) is 31.4 Å². The highest BCUT2D eigenvalue weighted by Gasteiger charge is 2.35. The molecule has 0 aromatic heterocycles. The maximum atomic E-state index is 14.0. The summed E-state index contributed by atoms with van der Waals surface area (Å²) in [7, 11) is 1.37. The Labute approximate surface area is 347 Å². The molecule has 332 valence electrons. The quantitative estimate of drug-likeness (QED) is 0.0227. The van der Waals surface area contributed by atoms with Gasteiger partial charge < -0.3 is 61.6 Å². The lowest BCUT2D eigenvalue weighted by atomic mass is 9.93. The fourth-order valence-electron chi connectivity index (χ4n) is 5.39. The van der Waals surface area contributed by atoms with Crippen molar-refractivity contribution in [2.24, 2.45) is 5.92 Å². The number of hydrogen-bond donors (Lipinski definition) is 10. The first-order chi connectivity index (χ1) is 28.7. The van der Waals surface area contributed by atoms with Crippen LogP contribution in [0.2, 0.25) is 0 Å². The lowest BCUT2D eigenvalue weighted by molar-refractivity contribution is -0.142. The molecule has 0 saturated carbocycles. The first-order valence-electron chi connectivity index (χ1n) is 18.4. The van der Waals surface area contributed by atoms with Crippen molar-refractivity contribution in [1.82, 2.24) is 26.6 Å². The number of aliphatic carboxylic acids is 5. The average molecular weight is 862 g/mol. The van der Waals surface area contributed by atoms with Crippen molar-refractivity contribution in [1.29, 1.82) is 0 Å². The average Bonchev–Trinajstić information content (AvgIpc) is 3.19. The number of ketones is 1. The van der Waals surface area contributed by atoms with Gasteiger partial charge in [-0.15, -0.1) is 12.3 Å². The fraction of sp³-hybridized carbons (Fsp3) is 0.474. The molecule has 0 aliphatic rings. The Hall–Kier alpha value is -7.38. The third kappa shape index (κ3) is 20.2. The van der Waals surface area contributed by atoms with Gasteiger partial charge in [-0.1, -0.05) is 12.1 Å². The molecule has 0 saturated heterocycles. The maximum absolute atomic E-state index is 14.0. The summed E-state index contributed by atoms with van der Waals surface area (Å²) in [4.78, 5) is 148. The van der Waals surface area contributed by atoms with E-state index >= 15 is 0 Å². The number of nitrogens with one attached hydrogen (secondary N) is 5. The predicted molar refractivity (Wildman–Crippen MR) is 204 cm³/mol. The molecule has 1 aromatic rings. The Bertz CT molecular complexity index is 1840. The van der Waals surface area contributed by atoms with Crippen molar-refractivity contribution in [3.05, 3.63) is 29.8 Å². The summed E-state index contributed by atoms with van der Waals surface area (Å²) < 4.78 is 5.13. The summed E-state index contributed by atoms with van der Waals surface area (Å²) in [6, 6.07) is -2.93. The molecular weight excluding hydrogens is 814 g/mol. The van der Waals surface area contributed by atoms with Crippen LogP contribution in [0, 0.1) is 18.3 Å². The number of carboxylic acid groups (broad SMARTS) is 5. The van der Waals surface area contributed by atoms with Crippen LogP contribution >= 0.6 is 0 Å². The Morgan fingerprint density at radius 3 is 1.44 bits per heavy atom. The van der Waals surface area contributed by atoms with E-state index in [0.29, 0.717) is 11.3 Å². The minimum atomic E-state index is -1.88. The molecule has 0 aliphatic heterocycles. The van der Waals surface area contributed by atoms with Gasteiger partial charge in [-0.25, -0.2) is 0 Å². The third-order valence-electron chi connectivity index (χ3n) is 8.56. The summed E-state index contributed by atoms with van der Waals surface area (Å²) >= 11 is 0. The highest BCUT2D eigenvalue weighted by Crippen LogP contribution is 2.15. The number of methoxy groups -OCH3 is 1. The molecule has 1 rings (SSSR count). The van der Waals surface area contributed by atoms with Gasteiger partial charge in [-0.3, -0.25) is 52.7 Å². The van der Waals surface area contributed by atoms with Crippen molar-refractivity contribution in [2.45, 2.75) is 101 Å². The molecule has 23 nitrogen and oxygen atoms in total. The van der Waals surface area contributed by atoms with Crippen LogP contribution in [-0.4, -0.2) is 134 Å². The van der Waals surface area contributed by atoms with Gasteiger partial charge in [-0.05, 0) is 37.0 Å². The van der Waals surface area contributed by atoms with Gasteiger partial charge in [0.15, 0.2) is 5.78 Å². The summed E-state index contributed by atoms with van der Waals surface area (Å²) in [5, 5.41) is 57.2. The lowest BCUT2D eigenvalue weighted by Crippen LogP contribution is -2.59. The zero-order chi connectivity index (χ0) is 46.2. The SMILES string of the molecule is C#CC[C@@H](C=O)C(=O)[C@H](CCC(=O)O)NC(=O)[C@@H](CCC(=O)O)NC(=O)[C@H](Cc1ccc(OC)cc1)NC(=O)[C@H](CCC(=O)O)NC(=O)[C@H](CC(=O)O)NC(=O)CCC(=O)O. The zero-order valence-corrected chi connectivity index (χ0v) is 32.7. The normalized spacial score (nSPS) is 13.4. The van der Waals surface area contributed by atoms with Crippen LogP contribution in [0.1, 0.15) is 69.8 Å². The largest absolute Gasteiger partial charge is 0.497 e. The van der Waals surface area contributed by atoms with Crippen LogP contribution in [0.3, 0.4) is 0 Å². The Kier molecular flexibility index (Phi) is 22.5.